The van der Waals surface area contributed by atoms with Crippen LogP contribution in [-0.4, -0.2) is 29.3 Å². The van der Waals surface area contributed by atoms with Gasteiger partial charge in [0.15, 0.2) is 0 Å². The molecule has 78 valence electrons. The van der Waals surface area contributed by atoms with E-state index in [-0.39, 0.29) is 0 Å². The standard InChI is InChI=1S/C10H13N5/c1-15(2)10-7(4-3-5-12-10)8-6-9(11)14-13-8/h3-6H,1-2H3,(H3,11,13,14). The van der Waals surface area contributed by atoms with Crippen molar-refractivity contribution in [3.8, 4) is 11.3 Å². The minimum absolute atomic E-state index is 0.485. The van der Waals surface area contributed by atoms with Crippen LogP contribution in [0, 0.1) is 0 Å². The van der Waals surface area contributed by atoms with Gasteiger partial charge in [-0.25, -0.2) is 4.98 Å². The SMILES string of the molecule is CN(C)c1ncccc1-c1cc(N)n[nH]1. The van der Waals surface area contributed by atoms with Gasteiger partial charge in [-0.2, -0.15) is 5.10 Å². The van der Waals surface area contributed by atoms with Gasteiger partial charge in [-0.15, -0.1) is 0 Å². The zero-order chi connectivity index (χ0) is 10.8. The second-order valence-corrected chi connectivity index (χ2v) is 3.48. The van der Waals surface area contributed by atoms with Crippen molar-refractivity contribution in [1.29, 1.82) is 0 Å². The molecule has 0 saturated heterocycles. The molecule has 0 aliphatic carbocycles. The molecule has 15 heavy (non-hydrogen) atoms. The first-order valence-corrected chi connectivity index (χ1v) is 4.62. The summed E-state index contributed by atoms with van der Waals surface area (Å²) in [5, 5.41) is 6.78. The van der Waals surface area contributed by atoms with Crippen molar-refractivity contribution in [2.75, 3.05) is 24.7 Å². The zero-order valence-electron chi connectivity index (χ0n) is 8.73. The second kappa shape index (κ2) is 3.61. The molecule has 0 bridgehead atoms. The van der Waals surface area contributed by atoms with Crippen molar-refractivity contribution < 1.29 is 0 Å². The Bertz CT molecular complexity index is 460. The molecular formula is C10H13N5. The third-order valence-electron chi connectivity index (χ3n) is 2.10. The zero-order valence-corrected chi connectivity index (χ0v) is 8.73. The van der Waals surface area contributed by atoms with Gasteiger partial charge >= 0.3 is 0 Å². The largest absolute Gasteiger partial charge is 0.382 e. The Kier molecular flexibility index (Phi) is 2.29. The minimum atomic E-state index is 0.485. The van der Waals surface area contributed by atoms with Crippen LogP contribution in [0.3, 0.4) is 0 Å². The predicted molar refractivity (Wildman–Crippen MR) is 60.6 cm³/mol. The Morgan fingerprint density at radius 1 is 1.40 bits per heavy atom. The highest BCUT2D eigenvalue weighted by atomic mass is 15.2. The molecule has 0 saturated carbocycles. The molecule has 5 nitrogen and oxygen atoms in total. The third-order valence-corrected chi connectivity index (χ3v) is 2.10. The maximum atomic E-state index is 5.57. The second-order valence-electron chi connectivity index (χ2n) is 3.48. The van der Waals surface area contributed by atoms with Crippen LogP contribution in [0.15, 0.2) is 24.4 Å². The van der Waals surface area contributed by atoms with Crippen LogP contribution >= 0.6 is 0 Å². The summed E-state index contributed by atoms with van der Waals surface area (Å²) in [6.07, 6.45) is 1.76. The van der Waals surface area contributed by atoms with Gasteiger partial charge in [0, 0.05) is 31.9 Å². The highest BCUT2D eigenvalue weighted by molar-refractivity contribution is 5.74. The van der Waals surface area contributed by atoms with Crippen molar-refractivity contribution >= 4 is 11.6 Å². The van der Waals surface area contributed by atoms with Gasteiger partial charge in [-0.1, -0.05) is 0 Å². The van der Waals surface area contributed by atoms with E-state index in [4.69, 9.17) is 5.73 Å². The van der Waals surface area contributed by atoms with Crippen LogP contribution in [0.25, 0.3) is 11.3 Å². The van der Waals surface area contributed by atoms with Gasteiger partial charge in [0.1, 0.15) is 11.6 Å². The van der Waals surface area contributed by atoms with Crippen molar-refractivity contribution in [3.05, 3.63) is 24.4 Å². The Hall–Kier alpha value is -2.04. The highest BCUT2D eigenvalue weighted by Crippen LogP contribution is 2.26. The van der Waals surface area contributed by atoms with Crippen LogP contribution in [0.5, 0.6) is 0 Å². The molecule has 0 unspecified atom stereocenters. The van der Waals surface area contributed by atoms with Crippen molar-refractivity contribution in [2.45, 2.75) is 0 Å². The number of hydrogen-bond donors (Lipinski definition) is 2. The first-order chi connectivity index (χ1) is 7.18. The Balaban J connectivity index is 2.52. The summed E-state index contributed by atoms with van der Waals surface area (Å²) in [6.45, 7) is 0. The molecule has 2 rings (SSSR count). The van der Waals surface area contributed by atoms with Crippen LogP contribution in [-0.2, 0) is 0 Å². The lowest BCUT2D eigenvalue weighted by Crippen LogP contribution is -2.11. The summed E-state index contributed by atoms with van der Waals surface area (Å²) < 4.78 is 0. The van der Waals surface area contributed by atoms with E-state index in [9.17, 15) is 0 Å². The monoisotopic (exact) mass is 203 g/mol. The Morgan fingerprint density at radius 2 is 2.20 bits per heavy atom. The number of rotatable bonds is 2. The fraction of sp³-hybridized carbons (Fsp3) is 0.200. The number of pyridine rings is 1. The smallest absolute Gasteiger partial charge is 0.145 e. The van der Waals surface area contributed by atoms with Crippen molar-refractivity contribution in [1.82, 2.24) is 15.2 Å². The van der Waals surface area contributed by atoms with Crippen LogP contribution in [0.1, 0.15) is 0 Å². The van der Waals surface area contributed by atoms with Crippen molar-refractivity contribution in [3.63, 3.8) is 0 Å². The number of nitrogen functional groups attached to an aromatic ring is 1. The summed E-state index contributed by atoms with van der Waals surface area (Å²) >= 11 is 0. The van der Waals surface area contributed by atoms with E-state index >= 15 is 0 Å². The van der Waals surface area contributed by atoms with Crippen LogP contribution in [0.2, 0.25) is 0 Å². The maximum absolute atomic E-state index is 5.57. The molecule has 0 aliphatic heterocycles. The first-order valence-electron chi connectivity index (χ1n) is 4.62. The van der Waals surface area contributed by atoms with Crippen LogP contribution in [0.4, 0.5) is 11.6 Å². The normalized spacial score (nSPS) is 10.3. The molecular weight excluding hydrogens is 190 g/mol. The Morgan fingerprint density at radius 3 is 2.80 bits per heavy atom. The fourth-order valence-corrected chi connectivity index (χ4v) is 1.44. The predicted octanol–water partition coefficient (Wildman–Crippen LogP) is 1.12. The molecule has 0 radical (unpaired) electrons. The van der Waals surface area contributed by atoms with E-state index < -0.39 is 0 Å². The number of nitrogens with zero attached hydrogens (tertiary/aromatic N) is 3. The van der Waals surface area contributed by atoms with E-state index in [1.54, 1.807) is 12.3 Å². The number of H-pyrrole nitrogens is 1. The fourth-order valence-electron chi connectivity index (χ4n) is 1.44. The summed E-state index contributed by atoms with van der Waals surface area (Å²) in [5.74, 6) is 1.37. The lowest BCUT2D eigenvalue weighted by molar-refractivity contribution is 1.06. The number of anilines is 2. The molecule has 0 aromatic carbocycles. The van der Waals surface area contributed by atoms with Gasteiger partial charge in [-0.05, 0) is 12.1 Å². The summed E-state index contributed by atoms with van der Waals surface area (Å²) in [5.41, 5.74) is 7.44. The first kappa shape index (κ1) is 9.51. The molecule has 0 atom stereocenters. The molecule has 5 heteroatoms. The summed E-state index contributed by atoms with van der Waals surface area (Å²) in [7, 11) is 3.90. The van der Waals surface area contributed by atoms with E-state index in [2.05, 4.69) is 15.2 Å². The quantitative estimate of drug-likeness (QED) is 0.767. The van der Waals surface area contributed by atoms with E-state index in [1.165, 1.54) is 0 Å². The lowest BCUT2D eigenvalue weighted by atomic mass is 10.2. The molecule has 0 aliphatic rings. The maximum Gasteiger partial charge on any atom is 0.145 e. The van der Waals surface area contributed by atoms with Crippen molar-refractivity contribution in [2.24, 2.45) is 0 Å². The van der Waals surface area contributed by atoms with E-state index in [0.29, 0.717) is 5.82 Å². The van der Waals surface area contributed by atoms with Gasteiger partial charge in [0.25, 0.3) is 0 Å². The molecule has 0 amide bonds. The molecule has 2 aromatic rings. The minimum Gasteiger partial charge on any atom is -0.382 e. The number of aromatic amines is 1. The number of hydrogen-bond acceptors (Lipinski definition) is 4. The molecule has 3 N–H and O–H groups in total. The summed E-state index contributed by atoms with van der Waals surface area (Å²) in [4.78, 5) is 6.25. The molecule has 0 fully saturated rings. The van der Waals surface area contributed by atoms with E-state index in [1.807, 2.05) is 31.1 Å². The average molecular weight is 203 g/mol. The molecule has 2 heterocycles. The lowest BCUT2D eigenvalue weighted by Gasteiger charge is -2.14. The van der Waals surface area contributed by atoms with Gasteiger partial charge in [0.2, 0.25) is 0 Å². The highest BCUT2D eigenvalue weighted by Gasteiger charge is 2.09. The van der Waals surface area contributed by atoms with Gasteiger partial charge in [0.05, 0.1) is 5.69 Å². The number of nitrogens with two attached hydrogens (primary N) is 1. The van der Waals surface area contributed by atoms with E-state index in [0.717, 1.165) is 17.1 Å². The van der Waals surface area contributed by atoms with Gasteiger partial charge in [-0.3, -0.25) is 5.10 Å². The average Bonchev–Trinajstić information content (AvgIpc) is 2.65. The summed E-state index contributed by atoms with van der Waals surface area (Å²) in [6, 6.07) is 5.67. The molecule has 2 aromatic heterocycles. The third kappa shape index (κ3) is 1.76. The number of nitrogens with one attached hydrogen (secondary N) is 1. The van der Waals surface area contributed by atoms with Crippen LogP contribution < -0.4 is 10.6 Å². The topological polar surface area (TPSA) is 70.8 Å². The van der Waals surface area contributed by atoms with Gasteiger partial charge < -0.3 is 10.6 Å². The molecule has 0 spiro atoms. The Labute approximate surface area is 87.9 Å². The number of aromatic nitrogens is 3.